The highest BCUT2D eigenvalue weighted by molar-refractivity contribution is 7.89. The molecule has 0 saturated heterocycles. The lowest BCUT2D eigenvalue weighted by Crippen LogP contribution is -2.23. The van der Waals surface area contributed by atoms with Gasteiger partial charge in [0.15, 0.2) is 0 Å². The van der Waals surface area contributed by atoms with E-state index < -0.39 is 10.0 Å². The van der Waals surface area contributed by atoms with E-state index in [2.05, 4.69) is 4.72 Å². The summed E-state index contributed by atoms with van der Waals surface area (Å²) in [5.74, 6) is 0. The summed E-state index contributed by atoms with van der Waals surface area (Å²) in [6.07, 6.45) is 0. The smallest absolute Gasteiger partial charge is 0.240 e. The van der Waals surface area contributed by atoms with Crippen LogP contribution in [0.15, 0.2) is 47.4 Å². The van der Waals surface area contributed by atoms with Crippen LogP contribution in [0.25, 0.3) is 0 Å². The second-order valence-corrected chi connectivity index (χ2v) is 6.58. The van der Waals surface area contributed by atoms with Crippen LogP contribution in [0.5, 0.6) is 0 Å². The van der Waals surface area contributed by atoms with Gasteiger partial charge in [-0.15, -0.1) is 0 Å². The third-order valence-electron chi connectivity index (χ3n) is 3.22. The summed E-state index contributed by atoms with van der Waals surface area (Å²) >= 11 is 0. The van der Waals surface area contributed by atoms with E-state index in [0.717, 1.165) is 16.7 Å². The Hall–Kier alpha value is -1.89. The van der Waals surface area contributed by atoms with E-state index in [1.807, 2.05) is 0 Å². The molecule has 0 spiro atoms. The molecule has 2 aromatic carbocycles. The lowest BCUT2D eigenvalue weighted by molar-refractivity contribution is 0.282. The Morgan fingerprint density at radius 3 is 2.29 bits per heavy atom. The number of sulfonamides is 1. The molecule has 0 amide bonds. The fraction of sp³-hybridized carbons (Fsp3) is 0.200. The van der Waals surface area contributed by atoms with E-state index in [1.165, 1.54) is 6.07 Å². The Bertz CT molecular complexity index is 725. The molecule has 0 aromatic heterocycles. The number of rotatable bonds is 5. The van der Waals surface area contributed by atoms with Crippen LogP contribution in [0.1, 0.15) is 16.7 Å². The molecule has 21 heavy (non-hydrogen) atoms. The summed E-state index contributed by atoms with van der Waals surface area (Å²) in [6.45, 7) is 1.93. The zero-order valence-electron chi connectivity index (χ0n) is 11.7. The van der Waals surface area contributed by atoms with Gasteiger partial charge in [0.25, 0.3) is 0 Å². The van der Waals surface area contributed by atoms with Gasteiger partial charge in [-0.1, -0.05) is 24.3 Å². The molecule has 0 radical (unpaired) electrons. The highest BCUT2D eigenvalue weighted by Gasteiger charge is 2.14. The molecular formula is C15H18N2O3S. The summed E-state index contributed by atoms with van der Waals surface area (Å²) in [7, 11) is -3.57. The van der Waals surface area contributed by atoms with Gasteiger partial charge < -0.3 is 10.8 Å². The SMILES string of the molecule is Cc1cc(S(=O)(=O)NCc2ccc(CO)cc2)ccc1N. The number of aryl methyl sites for hydroxylation is 1. The van der Waals surface area contributed by atoms with Crippen molar-refractivity contribution in [1.29, 1.82) is 0 Å². The maximum Gasteiger partial charge on any atom is 0.240 e. The quantitative estimate of drug-likeness (QED) is 0.731. The van der Waals surface area contributed by atoms with Gasteiger partial charge in [-0.05, 0) is 41.8 Å². The first kappa shape index (κ1) is 15.5. The average molecular weight is 306 g/mol. The van der Waals surface area contributed by atoms with Crippen molar-refractivity contribution in [3.05, 3.63) is 59.2 Å². The van der Waals surface area contributed by atoms with Gasteiger partial charge in [0.2, 0.25) is 10.0 Å². The minimum Gasteiger partial charge on any atom is -0.399 e. The van der Waals surface area contributed by atoms with Crippen LogP contribution in [-0.2, 0) is 23.2 Å². The van der Waals surface area contributed by atoms with E-state index in [1.54, 1.807) is 43.3 Å². The number of hydrogen-bond donors (Lipinski definition) is 3. The first-order valence-corrected chi connectivity index (χ1v) is 7.95. The standard InChI is InChI=1S/C15H18N2O3S/c1-11-8-14(6-7-15(11)16)21(19,20)17-9-12-2-4-13(10-18)5-3-12/h2-8,17-18H,9-10,16H2,1H3. The molecule has 0 aliphatic rings. The number of anilines is 1. The van der Waals surface area contributed by atoms with Gasteiger partial charge in [0.1, 0.15) is 0 Å². The Morgan fingerprint density at radius 2 is 1.71 bits per heavy atom. The molecule has 0 heterocycles. The predicted octanol–water partition coefficient (Wildman–Crippen LogP) is 1.55. The second kappa shape index (κ2) is 6.26. The highest BCUT2D eigenvalue weighted by atomic mass is 32.2. The number of nitrogens with two attached hydrogens (primary N) is 1. The van der Waals surface area contributed by atoms with Crippen LogP contribution < -0.4 is 10.5 Å². The largest absolute Gasteiger partial charge is 0.399 e. The fourth-order valence-corrected chi connectivity index (χ4v) is 2.94. The van der Waals surface area contributed by atoms with Crippen molar-refractivity contribution in [3.63, 3.8) is 0 Å². The molecule has 0 saturated carbocycles. The van der Waals surface area contributed by atoms with E-state index in [0.29, 0.717) is 5.69 Å². The number of aliphatic hydroxyl groups is 1. The molecule has 2 rings (SSSR count). The molecule has 0 unspecified atom stereocenters. The topological polar surface area (TPSA) is 92.4 Å². The minimum atomic E-state index is -3.57. The Labute approximate surface area is 124 Å². The molecular weight excluding hydrogens is 288 g/mol. The first-order chi connectivity index (χ1) is 9.92. The van der Waals surface area contributed by atoms with Crippen LogP contribution in [-0.4, -0.2) is 13.5 Å². The molecule has 0 fully saturated rings. The number of hydrogen-bond acceptors (Lipinski definition) is 4. The van der Waals surface area contributed by atoms with Crippen molar-refractivity contribution >= 4 is 15.7 Å². The molecule has 0 bridgehead atoms. The van der Waals surface area contributed by atoms with E-state index >= 15 is 0 Å². The van der Waals surface area contributed by atoms with Gasteiger partial charge in [-0.3, -0.25) is 0 Å². The van der Waals surface area contributed by atoms with Gasteiger partial charge in [-0.2, -0.15) is 0 Å². The Balaban J connectivity index is 2.11. The van der Waals surface area contributed by atoms with Crippen LogP contribution in [0, 0.1) is 6.92 Å². The van der Waals surface area contributed by atoms with Crippen molar-refractivity contribution in [1.82, 2.24) is 4.72 Å². The Kier molecular flexibility index (Phi) is 4.62. The van der Waals surface area contributed by atoms with Crippen molar-refractivity contribution < 1.29 is 13.5 Å². The van der Waals surface area contributed by atoms with Crippen LogP contribution in [0.2, 0.25) is 0 Å². The summed E-state index contributed by atoms with van der Waals surface area (Å²) in [5, 5.41) is 8.96. The Morgan fingerprint density at radius 1 is 1.10 bits per heavy atom. The second-order valence-electron chi connectivity index (χ2n) is 4.82. The summed E-state index contributed by atoms with van der Waals surface area (Å²) in [5.41, 5.74) is 8.59. The van der Waals surface area contributed by atoms with Crippen molar-refractivity contribution in [2.45, 2.75) is 25.0 Å². The van der Waals surface area contributed by atoms with Crippen LogP contribution >= 0.6 is 0 Å². The molecule has 112 valence electrons. The van der Waals surface area contributed by atoms with Crippen molar-refractivity contribution in [2.24, 2.45) is 0 Å². The van der Waals surface area contributed by atoms with Crippen LogP contribution in [0.3, 0.4) is 0 Å². The van der Waals surface area contributed by atoms with Gasteiger partial charge in [0, 0.05) is 12.2 Å². The van der Waals surface area contributed by atoms with Gasteiger partial charge in [-0.25, -0.2) is 13.1 Å². The zero-order chi connectivity index (χ0) is 15.5. The molecule has 0 aliphatic carbocycles. The maximum atomic E-state index is 12.2. The van der Waals surface area contributed by atoms with E-state index in [9.17, 15) is 8.42 Å². The molecule has 2 aromatic rings. The van der Waals surface area contributed by atoms with E-state index in [4.69, 9.17) is 10.8 Å². The summed E-state index contributed by atoms with van der Waals surface area (Å²) < 4.78 is 26.9. The number of aliphatic hydroxyl groups excluding tert-OH is 1. The summed E-state index contributed by atoms with van der Waals surface area (Å²) in [4.78, 5) is 0.196. The molecule has 0 atom stereocenters. The first-order valence-electron chi connectivity index (χ1n) is 6.47. The monoisotopic (exact) mass is 306 g/mol. The maximum absolute atomic E-state index is 12.2. The van der Waals surface area contributed by atoms with Gasteiger partial charge in [0.05, 0.1) is 11.5 Å². The third-order valence-corrected chi connectivity index (χ3v) is 4.62. The normalized spacial score (nSPS) is 11.5. The fourth-order valence-electron chi connectivity index (χ4n) is 1.84. The summed E-state index contributed by atoms with van der Waals surface area (Å²) in [6, 6.07) is 11.7. The predicted molar refractivity (Wildman–Crippen MR) is 82.0 cm³/mol. The van der Waals surface area contributed by atoms with Crippen molar-refractivity contribution in [3.8, 4) is 0 Å². The lowest BCUT2D eigenvalue weighted by atomic mass is 10.1. The number of nitrogen functional groups attached to an aromatic ring is 1. The molecule has 5 nitrogen and oxygen atoms in total. The van der Waals surface area contributed by atoms with Gasteiger partial charge >= 0.3 is 0 Å². The minimum absolute atomic E-state index is 0.0310. The lowest BCUT2D eigenvalue weighted by Gasteiger charge is -2.09. The molecule has 6 heteroatoms. The van der Waals surface area contributed by atoms with Crippen molar-refractivity contribution in [2.75, 3.05) is 5.73 Å². The molecule has 4 N–H and O–H groups in total. The zero-order valence-corrected chi connectivity index (χ0v) is 12.5. The number of nitrogens with one attached hydrogen (secondary N) is 1. The van der Waals surface area contributed by atoms with Crippen LogP contribution in [0.4, 0.5) is 5.69 Å². The average Bonchev–Trinajstić information content (AvgIpc) is 2.48. The van der Waals surface area contributed by atoms with E-state index in [-0.39, 0.29) is 18.0 Å². The molecule has 0 aliphatic heterocycles. The number of benzene rings is 2. The third kappa shape index (κ3) is 3.81. The highest BCUT2D eigenvalue weighted by Crippen LogP contribution is 2.17.